The van der Waals surface area contributed by atoms with E-state index < -0.39 is 0 Å². The quantitative estimate of drug-likeness (QED) is 0.432. The Morgan fingerprint density at radius 1 is 1.23 bits per heavy atom. The van der Waals surface area contributed by atoms with Crippen molar-refractivity contribution in [3.63, 3.8) is 0 Å². The van der Waals surface area contributed by atoms with E-state index in [4.69, 9.17) is 14.7 Å². The minimum absolute atomic E-state index is 0.388. The van der Waals surface area contributed by atoms with Gasteiger partial charge in [0.2, 0.25) is 0 Å². The van der Waals surface area contributed by atoms with E-state index in [1.165, 1.54) is 4.88 Å². The van der Waals surface area contributed by atoms with Gasteiger partial charge in [-0.25, -0.2) is 9.97 Å². The molecule has 31 heavy (non-hydrogen) atoms. The Hall–Kier alpha value is -3.70. The Labute approximate surface area is 183 Å². The highest BCUT2D eigenvalue weighted by Gasteiger charge is 2.27. The maximum absolute atomic E-state index is 8.98. The number of nitrogens with one attached hydrogen (secondary N) is 1. The lowest BCUT2D eigenvalue weighted by atomic mass is 10.1. The number of fused-ring (bicyclic) bond motifs is 3. The highest BCUT2D eigenvalue weighted by Crippen LogP contribution is 2.44. The van der Waals surface area contributed by atoms with Crippen molar-refractivity contribution in [2.45, 2.75) is 19.8 Å². The number of methoxy groups -OCH3 is 1. The number of ether oxygens (including phenoxy) is 2. The van der Waals surface area contributed by atoms with Crippen LogP contribution in [0.2, 0.25) is 0 Å². The SMILES string of the molecule is COc1cc2c(cc1OCCc1scnc1C)Cc1c(-c3ccc(C#N)nc3)n[nH]c1-2. The molecule has 0 bridgehead atoms. The number of nitrogens with zero attached hydrogens (tertiary/aromatic N) is 4. The first kappa shape index (κ1) is 19.3. The third-order valence-corrected chi connectivity index (χ3v) is 6.47. The predicted molar refractivity (Wildman–Crippen MR) is 117 cm³/mol. The van der Waals surface area contributed by atoms with Crippen LogP contribution in [0.15, 0.2) is 36.0 Å². The van der Waals surface area contributed by atoms with Crippen LogP contribution in [0.25, 0.3) is 22.5 Å². The molecule has 7 nitrogen and oxygen atoms in total. The molecule has 1 N–H and O–H groups in total. The molecule has 3 aromatic heterocycles. The summed E-state index contributed by atoms with van der Waals surface area (Å²) in [4.78, 5) is 9.70. The predicted octanol–water partition coefficient (Wildman–Crippen LogP) is 4.31. The molecule has 3 heterocycles. The zero-order valence-corrected chi connectivity index (χ0v) is 17.9. The Morgan fingerprint density at radius 3 is 2.84 bits per heavy atom. The number of aryl methyl sites for hydroxylation is 1. The van der Waals surface area contributed by atoms with Gasteiger partial charge in [0.1, 0.15) is 11.8 Å². The van der Waals surface area contributed by atoms with E-state index in [1.54, 1.807) is 30.7 Å². The van der Waals surface area contributed by atoms with Gasteiger partial charge in [0.15, 0.2) is 11.5 Å². The van der Waals surface area contributed by atoms with Gasteiger partial charge in [-0.1, -0.05) is 0 Å². The molecule has 0 saturated heterocycles. The normalized spacial score (nSPS) is 11.6. The molecule has 154 valence electrons. The van der Waals surface area contributed by atoms with Crippen molar-refractivity contribution < 1.29 is 9.47 Å². The number of nitriles is 1. The Bertz CT molecular complexity index is 1300. The Morgan fingerprint density at radius 2 is 2.13 bits per heavy atom. The van der Waals surface area contributed by atoms with Crippen molar-refractivity contribution in [1.82, 2.24) is 20.2 Å². The second-order valence-corrected chi connectivity index (χ2v) is 8.21. The highest BCUT2D eigenvalue weighted by atomic mass is 32.1. The zero-order chi connectivity index (χ0) is 21.4. The first-order chi connectivity index (χ1) is 15.2. The average Bonchev–Trinajstić information content (AvgIpc) is 3.48. The summed E-state index contributed by atoms with van der Waals surface area (Å²) in [7, 11) is 1.65. The fourth-order valence-electron chi connectivity index (χ4n) is 3.86. The lowest BCUT2D eigenvalue weighted by molar-refractivity contribution is 0.298. The van der Waals surface area contributed by atoms with E-state index in [0.717, 1.165) is 57.9 Å². The third-order valence-electron chi connectivity index (χ3n) is 5.48. The van der Waals surface area contributed by atoms with Crippen molar-refractivity contribution in [3.8, 4) is 40.1 Å². The highest BCUT2D eigenvalue weighted by molar-refractivity contribution is 7.09. The zero-order valence-electron chi connectivity index (χ0n) is 17.1. The number of thiazole rings is 1. The maximum Gasteiger partial charge on any atom is 0.161 e. The summed E-state index contributed by atoms with van der Waals surface area (Å²) in [6.07, 6.45) is 3.24. The first-order valence-corrected chi connectivity index (χ1v) is 10.7. The number of pyridine rings is 1. The summed E-state index contributed by atoms with van der Waals surface area (Å²) in [5.41, 5.74) is 9.38. The van der Waals surface area contributed by atoms with Crippen LogP contribution in [0.3, 0.4) is 0 Å². The lowest BCUT2D eigenvalue weighted by Gasteiger charge is -2.13. The average molecular weight is 430 g/mol. The Balaban J connectivity index is 1.41. The van der Waals surface area contributed by atoms with Crippen LogP contribution >= 0.6 is 11.3 Å². The number of H-pyrrole nitrogens is 1. The van der Waals surface area contributed by atoms with Crippen molar-refractivity contribution in [1.29, 1.82) is 5.26 Å². The monoisotopic (exact) mass is 429 g/mol. The van der Waals surface area contributed by atoms with E-state index in [-0.39, 0.29) is 0 Å². The van der Waals surface area contributed by atoms with Crippen LogP contribution in [0.4, 0.5) is 0 Å². The number of aromatic nitrogens is 4. The smallest absolute Gasteiger partial charge is 0.161 e. The van der Waals surface area contributed by atoms with Crippen molar-refractivity contribution in [2.75, 3.05) is 13.7 Å². The number of hydrogen-bond acceptors (Lipinski definition) is 7. The van der Waals surface area contributed by atoms with E-state index in [2.05, 4.69) is 26.2 Å². The first-order valence-electron chi connectivity index (χ1n) is 9.84. The number of hydrogen-bond donors (Lipinski definition) is 1. The summed E-state index contributed by atoms with van der Waals surface area (Å²) in [6, 6.07) is 9.69. The fraction of sp³-hybridized carbons (Fsp3) is 0.217. The summed E-state index contributed by atoms with van der Waals surface area (Å²) < 4.78 is 11.7. The molecule has 0 atom stereocenters. The van der Waals surface area contributed by atoms with Gasteiger partial charge in [0, 0.05) is 40.6 Å². The van der Waals surface area contributed by atoms with Crippen molar-refractivity contribution in [2.24, 2.45) is 0 Å². The molecule has 1 aliphatic rings. The molecular weight excluding hydrogens is 410 g/mol. The maximum atomic E-state index is 8.98. The van der Waals surface area contributed by atoms with Gasteiger partial charge in [0.25, 0.3) is 0 Å². The van der Waals surface area contributed by atoms with E-state index in [1.807, 2.05) is 30.6 Å². The summed E-state index contributed by atoms with van der Waals surface area (Å²) in [6.45, 7) is 2.58. The topological polar surface area (TPSA) is 96.7 Å². The van der Waals surface area contributed by atoms with E-state index >= 15 is 0 Å². The van der Waals surface area contributed by atoms with Crippen LogP contribution in [0.1, 0.15) is 27.4 Å². The number of benzene rings is 1. The molecule has 4 aromatic rings. The second-order valence-electron chi connectivity index (χ2n) is 7.27. The van der Waals surface area contributed by atoms with Gasteiger partial charge in [0.05, 0.1) is 36.3 Å². The van der Waals surface area contributed by atoms with Gasteiger partial charge in [-0.3, -0.25) is 5.10 Å². The molecular formula is C23H19N5O2S. The summed E-state index contributed by atoms with van der Waals surface area (Å²) in [5.74, 6) is 1.44. The molecule has 0 radical (unpaired) electrons. The summed E-state index contributed by atoms with van der Waals surface area (Å²) in [5, 5.41) is 16.6. The molecule has 5 rings (SSSR count). The van der Waals surface area contributed by atoms with Gasteiger partial charge < -0.3 is 9.47 Å². The molecule has 0 amide bonds. The molecule has 1 aromatic carbocycles. The fourth-order valence-corrected chi connectivity index (χ4v) is 4.63. The third kappa shape index (κ3) is 3.43. The molecule has 1 aliphatic carbocycles. The molecule has 8 heteroatoms. The van der Waals surface area contributed by atoms with Crippen LogP contribution < -0.4 is 9.47 Å². The minimum Gasteiger partial charge on any atom is -0.493 e. The summed E-state index contributed by atoms with van der Waals surface area (Å²) >= 11 is 1.65. The second kappa shape index (κ2) is 7.85. The van der Waals surface area contributed by atoms with Gasteiger partial charge in [-0.05, 0) is 36.8 Å². The van der Waals surface area contributed by atoms with Crippen LogP contribution in [-0.2, 0) is 12.8 Å². The molecule has 0 aliphatic heterocycles. The molecule has 0 fully saturated rings. The van der Waals surface area contributed by atoms with Crippen molar-refractivity contribution in [3.05, 3.63) is 63.4 Å². The lowest BCUT2D eigenvalue weighted by Crippen LogP contribution is -2.03. The van der Waals surface area contributed by atoms with E-state index in [9.17, 15) is 0 Å². The standard InChI is InChI=1S/C23H19N5O2S/c1-13-21(31-12-26-13)5-6-30-20-8-15-7-18-22(14-3-4-16(10-24)25-11-14)27-28-23(18)17(15)9-19(20)29-2/h3-4,8-9,11-12H,5-7H2,1-2H3,(H,27,28). The van der Waals surface area contributed by atoms with Gasteiger partial charge >= 0.3 is 0 Å². The van der Waals surface area contributed by atoms with Crippen molar-refractivity contribution >= 4 is 11.3 Å². The number of rotatable bonds is 6. The number of aromatic amines is 1. The minimum atomic E-state index is 0.388. The van der Waals surface area contributed by atoms with E-state index in [0.29, 0.717) is 18.1 Å². The molecule has 0 unspecified atom stereocenters. The Kier molecular flexibility index (Phi) is 4.88. The van der Waals surface area contributed by atoms with Crippen LogP contribution in [-0.4, -0.2) is 33.9 Å². The van der Waals surface area contributed by atoms with Gasteiger partial charge in [-0.2, -0.15) is 10.4 Å². The molecule has 0 spiro atoms. The van der Waals surface area contributed by atoms with Crippen LogP contribution in [0.5, 0.6) is 11.5 Å². The van der Waals surface area contributed by atoms with Gasteiger partial charge in [-0.15, -0.1) is 11.3 Å². The van der Waals surface area contributed by atoms with Crippen LogP contribution in [0, 0.1) is 18.3 Å². The molecule has 0 saturated carbocycles. The largest absolute Gasteiger partial charge is 0.493 e.